The Bertz CT molecular complexity index is 621. The van der Waals surface area contributed by atoms with Crippen LogP contribution >= 0.6 is 23.2 Å². The molecule has 5 heteroatoms. The summed E-state index contributed by atoms with van der Waals surface area (Å²) in [4.78, 5) is 0. The van der Waals surface area contributed by atoms with Crippen LogP contribution in [0.15, 0.2) is 42.5 Å². The molecule has 0 saturated carbocycles. The zero-order chi connectivity index (χ0) is 15.4. The van der Waals surface area contributed by atoms with E-state index in [1.165, 1.54) is 6.07 Å². The number of halogens is 3. The molecule has 2 unspecified atom stereocenters. The number of nitrogens with two attached hydrogens (primary N) is 1. The van der Waals surface area contributed by atoms with E-state index in [4.69, 9.17) is 33.7 Å². The van der Waals surface area contributed by atoms with Gasteiger partial charge in [-0.3, -0.25) is 0 Å². The number of benzene rings is 2. The van der Waals surface area contributed by atoms with E-state index in [0.29, 0.717) is 17.2 Å². The molecule has 0 saturated heterocycles. The molecule has 2 nitrogen and oxygen atoms in total. The molecule has 0 aromatic heterocycles. The molecule has 2 rings (SSSR count). The van der Waals surface area contributed by atoms with Gasteiger partial charge in [0.15, 0.2) is 0 Å². The molecular formula is C16H16Cl2FNO. The Balaban J connectivity index is 1.98. The molecule has 0 radical (unpaired) electrons. The van der Waals surface area contributed by atoms with Crippen LogP contribution in [0.2, 0.25) is 10.0 Å². The first-order chi connectivity index (χ1) is 9.95. The van der Waals surface area contributed by atoms with Gasteiger partial charge in [0, 0.05) is 11.1 Å². The summed E-state index contributed by atoms with van der Waals surface area (Å²) in [6.45, 7) is 1.89. The zero-order valence-corrected chi connectivity index (χ0v) is 13.0. The highest BCUT2D eigenvalue weighted by Gasteiger charge is 2.16. The van der Waals surface area contributed by atoms with Crippen LogP contribution in [0.3, 0.4) is 0 Å². The quantitative estimate of drug-likeness (QED) is 0.879. The van der Waals surface area contributed by atoms with Crippen molar-refractivity contribution in [3.63, 3.8) is 0 Å². The largest absolute Gasteiger partial charge is 0.489 e. The van der Waals surface area contributed by atoms with Crippen molar-refractivity contribution in [3.05, 3.63) is 63.9 Å². The standard InChI is InChI=1S/C16H16Cl2FNO/c1-10(21-13-4-2-3-12(17)9-13)16(20)8-11-5-6-15(19)14(18)7-11/h2-7,9-10,16H,8,20H2,1H3. The Kier molecular flexibility index (Phi) is 5.45. The van der Waals surface area contributed by atoms with Crippen molar-refractivity contribution in [1.29, 1.82) is 0 Å². The second-order valence-electron chi connectivity index (χ2n) is 4.90. The summed E-state index contributed by atoms with van der Waals surface area (Å²) in [7, 11) is 0. The highest BCUT2D eigenvalue weighted by atomic mass is 35.5. The lowest BCUT2D eigenvalue weighted by Gasteiger charge is -2.21. The molecule has 2 atom stereocenters. The smallest absolute Gasteiger partial charge is 0.141 e. The summed E-state index contributed by atoms with van der Waals surface area (Å²) in [5.41, 5.74) is 7.00. The predicted octanol–water partition coefficient (Wildman–Crippen LogP) is 4.47. The highest BCUT2D eigenvalue weighted by Crippen LogP contribution is 2.21. The van der Waals surface area contributed by atoms with Gasteiger partial charge in [0.1, 0.15) is 17.7 Å². The first kappa shape index (κ1) is 16.1. The van der Waals surface area contributed by atoms with E-state index in [1.807, 2.05) is 19.1 Å². The van der Waals surface area contributed by atoms with Crippen LogP contribution in [0, 0.1) is 5.82 Å². The van der Waals surface area contributed by atoms with Crippen LogP contribution in [-0.4, -0.2) is 12.1 Å². The van der Waals surface area contributed by atoms with Crippen molar-refractivity contribution in [2.24, 2.45) is 5.73 Å². The molecule has 2 N–H and O–H groups in total. The molecular weight excluding hydrogens is 312 g/mol. The second-order valence-corrected chi connectivity index (χ2v) is 5.74. The van der Waals surface area contributed by atoms with E-state index in [0.717, 1.165) is 5.56 Å². The van der Waals surface area contributed by atoms with Crippen LogP contribution in [0.25, 0.3) is 0 Å². The number of hydrogen-bond acceptors (Lipinski definition) is 2. The number of rotatable bonds is 5. The van der Waals surface area contributed by atoms with Gasteiger partial charge >= 0.3 is 0 Å². The molecule has 0 fully saturated rings. The highest BCUT2D eigenvalue weighted by molar-refractivity contribution is 6.31. The maximum absolute atomic E-state index is 13.1. The summed E-state index contributed by atoms with van der Waals surface area (Å²) >= 11 is 11.7. The maximum atomic E-state index is 13.1. The summed E-state index contributed by atoms with van der Waals surface area (Å²) in [6.07, 6.45) is 0.328. The van der Waals surface area contributed by atoms with Gasteiger partial charge < -0.3 is 10.5 Å². The van der Waals surface area contributed by atoms with Gasteiger partial charge in [-0.1, -0.05) is 35.3 Å². The molecule has 0 heterocycles. The predicted molar refractivity (Wildman–Crippen MR) is 84.6 cm³/mol. The van der Waals surface area contributed by atoms with Gasteiger partial charge in [0.2, 0.25) is 0 Å². The van der Waals surface area contributed by atoms with E-state index in [1.54, 1.807) is 24.3 Å². The fourth-order valence-corrected chi connectivity index (χ4v) is 2.33. The van der Waals surface area contributed by atoms with E-state index < -0.39 is 5.82 Å². The fourth-order valence-electron chi connectivity index (χ4n) is 1.95. The summed E-state index contributed by atoms with van der Waals surface area (Å²) < 4.78 is 18.9. The Morgan fingerprint density at radius 2 is 1.95 bits per heavy atom. The SMILES string of the molecule is CC(Oc1cccc(Cl)c1)C(N)Cc1ccc(F)c(Cl)c1. The number of hydrogen-bond donors (Lipinski definition) is 1. The van der Waals surface area contributed by atoms with Crippen molar-refractivity contribution >= 4 is 23.2 Å². The van der Waals surface area contributed by atoms with Gasteiger partial charge in [0.05, 0.1) is 5.02 Å². The molecule has 0 amide bonds. The molecule has 0 aliphatic heterocycles. The minimum Gasteiger partial charge on any atom is -0.489 e. The molecule has 0 spiro atoms. The van der Waals surface area contributed by atoms with E-state index >= 15 is 0 Å². The van der Waals surface area contributed by atoms with Crippen molar-refractivity contribution in [1.82, 2.24) is 0 Å². The Hall–Kier alpha value is -1.29. The first-order valence-corrected chi connectivity index (χ1v) is 7.33. The third kappa shape index (κ3) is 4.60. The third-order valence-corrected chi connectivity index (χ3v) is 3.70. The Labute approximate surface area is 133 Å². The van der Waals surface area contributed by atoms with Crippen LogP contribution in [0.1, 0.15) is 12.5 Å². The van der Waals surface area contributed by atoms with Crippen molar-refractivity contribution in [2.75, 3.05) is 0 Å². The Morgan fingerprint density at radius 1 is 1.19 bits per heavy atom. The normalized spacial score (nSPS) is 13.8. The Morgan fingerprint density at radius 3 is 2.62 bits per heavy atom. The number of ether oxygens (including phenoxy) is 1. The summed E-state index contributed by atoms with van der Waals surface area (Å²) in [6, 6.07) is 11.5. The van der Waals surface area contributed by atoms with E-state index in [-0.39, 0.29) is 17.2 Å². The van der Waals surface area contributed by atoms with E-state index in [9.17, 15) is 4.39 Å². The van der Waals surface area contributed by atoms with Crippen LogP contribution in [0.4, 0.5) is 4.39 Å². The van der Waals surface area contributed by atoms with Crippen molar-refractivity contribution in [3.8, 4) is 5.75 Å². The van der Waals surface area contributed by atoms with Crippen LogP contribution in [-0.2, 0) is 6.42 Å². The monoisotopic (exact) mass is 327 g/mol. The summed E-state index contributed by atoms with van der Waals surface area (Å²) in [5, 5.41) is 0.710. The van der Waals surface area contributed by atoms with Gasteiger partial charge in [-0.2, -0.15) is 0 Å². The molecule has 2 aromatic carbocycles. The van der Waals surface area contributed by atoms with Gasteiger partial charge in [0.25, 0.3) is 0 Å². The van der Waals surface area contributed by atoms with Gasteiger partial charge in [-0.05, 0) is 49.2 Å². The lowest BCUT2D eigenvalue weighted by Crippen LogP contribution is -2.38. The topological polar surface area (TPSA) is 35.2 Å². The average molecular weight is 328 g/mol. The third-order valence-electron chi connectivity index (χ3n) is 3.18. The summed E-state index contributed by atoms with van der Waals surface area (Å²) in [5.74, 6) is 0.236. The minimum atomic E-state index is -0.433. The maximum Gasteiger partial charge on any atom is 0.141 e. The minimum absolute atomic E-state index is 0.100. The molecule has 0 aliphatic rings. The van der Waals surface area contributed by atoms with Crippen LogP contribution in [0.5, 0.6) is 5.75 Å². The fraction of sp³-hybridized carbons (Fsp3) is 0.250. The van der Waals surface area contributed by atoms with Crippen LogP contribution < -0.4 is 10.5 Å². The average Bonchev–Trinajstić information content (AvgIpc) is 2.43. The second kappa shape index (κ2) is 7.12. The van der Waals surface area contributed by atoms with Crippen molar-refractivity contribution < 1.29 is 9.13 Å². The molecule has 0 aliphatic carbocycles. The lowest BCUT2D eigenvalue weighted by molar-refractivity contribution is 0.189. The van der Waals surface area contributed by atoms with E-state index in [2.05, 4.69) is 0 Å². The molecule has 2 aromatic rings. The van der Waals surface area contributed by atoms with Gasteiger partial charge in [-0.25, -0.2) is 4.39 Å². The zero-order valence-electron chi connectivity index (χ0n) is 11.5. The molecule has 112 valence electrons. The van der Waals surface area contributed by atoms with Crippen molar-refractivity contribution in [2.45, 2.75) is 25.5 Å². The molecule has 0 bridgehead atoms. The lowest BCUT2D eigenvalue weighted by atomic mass is 10.0. The first-order valence-electron chi connectivity index (χ1n) is 6.57. The van der Waals surface area contributed by atoms with Gasteiger partial charge in [-0.15, -0.1) is 0 Å². The molecule has 21 heavy (non-hydrogen) atoms.